The van der Waals surface area contributed by atoms with E-state index >= 15 is 0 Å². The van der Waals surface area contributed by atoms with Gasteiger partial charge < -0.3 is 15.4 Å². The molecule has 33 heavy (non-hydrogen) atoms. The first-order chi connectivity index (χ1) is 15.8. The van der Waals surface area contributed by atoms with Crippen LogP contribution < -0.4 is 5.32 Å². The molecule has 0 saturated carbocycles. The van der Waals surface area contributed by atoms with Gasteiger partial charge in [-0.05, 0) is 59.9 Å². The van der Waals surface area contributed by atoms with E-state index in [1.807, 2.05) is 25.1 Å². The first-order valence-electron chi connectivity index (χ1n) is 10.1. The third-order valence-electron chi connectivity index (χ3n) is 5.71. The van der Waals surface area contributed by atoms with Gasteiger partial charge in [-0.3, -0.25) is 0 Å². The highest BCUT2D eigenvalue weighted by molar-refractivity contribution is 9.10. The molecule has 0 aliphatic carbocycles. The number of aryl methyl sites for hydroxylation is 1. The Morgan fingerprint density at radius 3 is 2.42 bits per heavy atom. The maximum atomic E-state index is 13.9. The van der Waals surface area contributed by atoms with Crippen LogP contribution in [0.4, 0.5) is 11.5 Å². The summed E-state index contributed by atoms with van der Waals surface area (Å²) in [5.74, 6) is -0.235. The van der Waals surface area contributed by atoms with Crippen molar-refractivity contribution < 1.29 is 13.3 Å². The number of aromatic amines is 1. The van der Waals surface area contributed by atoms with Gasteiger partial charge in [-0.1, -0.05) is 46.3 Å². The smallest absolute Gasteiger partial charge is 0.329 e. The summed E-state index contributed by atoms with van der Waals surface area (Å²) >= 11 is 3.40. The molecule has 0 bridgehead atoms. The lowest BCUT2D eigenvalue weighted by atomic mass is 9.94. The average Bonchev–Trinajstić information content (AvgIpc) is 3.20. The van der Waals surface area contributed by atoms with E-state index in [1.54, 1.807) is 54.6 Å². The minimum atomic E-state index is -3.95. The molecule has 0 fully saturated rings. The molecule has 4 aromatic rings. The number of nitrogens with one attached hydrogen (secondary N) is 2. The Labute approximate surface area is 198 Å². The number of nitrogens with zero attached hydrogens (tertiary/aromatic N) is 1. The van der Waals surface area contributed by atoms with Gasteiger partial charge in [-0.15, -0.1) is 0 Å². The quantitative estimate of drug-likeness (QED) is 0.243. The number of nitro groups is 1. The van der Waals surface area contributed by atoms with E-state index in [1.165, 1.54) is 0 Å². The normalized spacial score (nSPS) is 14.8. The Morgan fingerprint density at radius 1 is 1.00 bits per heavy atom. The number of halogens is 1. The third-order valence-corrected chi connectivity index (χ3v) is 8.12. The molecule has 1 aliphatic rings. The zero-order valence-corrected chi connectivity index (χ0v) is 19.8. The van der Waals surface area contributed by atoms with Gasteiger partial charge >= 0.3 is 5.82 Å². The molecule has 3 aromatic carbocycles. The number of fused-ring (bicyclic) bond motifs is 3. The molecule has 166 valence electrons. The predicted molar refractivity (Wildman–Crippen MR) is 131 cm³/mol. The van der Waals surface area contributed by atoms with Gasteiger partial charge in [-0.2, -0.15) is 0 Å². The molecule has 0 saturated heterocycles. The fourth-order valence-corrected chi connectivity index (χ4v) is 6.20. The molecule has 1 aromatic heterocycles. The number of sulfone groups is 1. The summed E-state index contributed by atoms with van der Waals surface area (Å²) in [6.45, 7) is 1.82. The average molecular weight is 524 g/mol. The summed E-state index contributed by atoms with van der Waals surface area (Å²) in [5, 5.41) is 14.0. The van der Waals surface area contributed by atoms with Crippen molar-refractivity contribution in [3.8, 4) is 22.4 Å². The molecule has 0 spiro atoms. The highest BCUT2D eigenvalue weighted by Crippen LogP contribution is 2.51. The molecule has 7 nitrogen and oxygen atoms in total. The van der Waals surface area contributed by atoms with E-state index < -0.39 is 20.1 Å². The molecule has 5 rings (SSSR count). The van der Waals surface area contributed by atoms with Gasteiger partial charge in [0.1, 0.15) is 5.69 Å². The van der Waals surface area contributed by atoms with Crippen molar-refractivity contribution in [3.05, 3.63) is 98.5 Å². The van der Waals surface area contributed by atoms with Crippen LogP contribution in [0.25, 0.3) is 22.4 Å². The number of para-hydroxylation sites is 1. The lowest BCUT2D eigenvalue weighted by molar-refractivity contribution is -0.388. The Balaban J connectivity index is 1.84. The number of benzene rings is 3. The van der Waals surface area contributed by atoms with Crippen LogP contribution >= 0.6 is 15.9 Å². The standard InChI is InChI=1S/C24H18BrN3O4S/c1-14-5-4-6-17(13-14)33(31,32)24-21-20(18-7-2-3-8-19(18)26-24)23(28(29)30)27-22(21)15-9-11-16(25)12-10-15/h2-13,24,26-27H,1H3. The molecule has 2 heterocycles. The van der Waals surface area contributed by atoms with Gasteiger partial charge in [0.05, 0.1) is 16.0 Å². The fraction of sp³-hybridized carbons (Fsp3) is 0.0833. The van der Waals surface area contributed by atoms with E-state index in [0.717, 1.165) is 10.0 Å². The van der Waals surface area contributed by atoms with Crippen molar-refractivity contribution in [1.29, 1.82) is 0 Å². The van der Waals surface area contributed by atoms with E-state index in [2.05, 4.69) is 26.2 Å². The Morgan fingerprint density at radius 2 is 1.73 bits per heavy atom. The first kappa shape index (κ1) is 21.4. The van der Waals surface area contributed by atoms with Crippen LogP contribution in [0, 0.1) is 17.0 Å². The number of anilines is 1. The van der Waals surface area contributed by atoms with Crippen LogP contribution in [-0.4, -0.2) is 18.3 Å². The van der Waals surface area contributed by atoms with E-state index in [-0.39, 0.29) is 16.3 Å². The summed E-state index contributed by atoms with van der Waals surface area (Å²) in [5.41, 5.74) is 3.57. The van der Waals surface area contributed by atoms with Crippen molar-refractivity contribution in [3.63, 3.8) is 0 Å². The summed E-state index contributed by atoms with van der Waals surface area (Å²) in [6, 6.07) is 20.9. The van der Waals surface area contributed by atoms with Crippen LogP contribution in [-0.2, 0) is 9.84 Å². The second-order valence-corrected chi connectivity index (χ2v) is 10.8. The zero-order valence-electron chi connectivity index (χ0n) is 17.4. The Bertz CT molecular complexity index is 1510. The molecular weight excluding hydrogens is 506 g/mol. The highest BCUT2D eigenvalue weighted by atomic mass is 79.9. The SMILES string of the molecule is Cc1cccc(S(=O)(=O)C2Nc3ccccc3-c3c([N+](=O)[O-])[nH]c(-c4ccc(Br)cc4)c32)c1. The summed E-state index contributed by atoms with van der Waals surface area (Å²) in [6.07, 6.45) is 0. The van der Waals surface area contributed by atoms with Crippen LogP contribution in [0.5, 0.6) is 0 Å². The topological polar surface area (TPSA) is 105 Å². The minimum Gasteiger partial charge on any atom is -0.364 e. The second kappa shape index (κ2) is 7.86. The predicted octanol–water partition coefficient (Wildman–Crippen LogP) is 6.23. The molecule has 2 N–H and O–H groups in total. The number of H-pyrrole nitrogens is 1. The van der Waals surface area contributed by atoms with Crippen molar-refractivity contribution in [2.45, 2.75) is 17.2 Å². The van der Waals surface area contributed by atoms with Gasteiger partial charge in [-0.25, -0.2) is 13.4 Å². The largest absolute Gasteiger partial charge is 0.364 e. The van der Waals surface area contributed by atoms with E-state index in [9.17, 15) is 18.5 Å². The van der Waals surface area contributed by atoms with Crippen LogP contribution in [0.3, 0.4) is 0 Å². The molecule has 1 aliphatic heterocycles. The first-order valence-corrected chi connectivity index (χ1v) is 12.4. The Hall–Kier alpha value is -3.43. The number of hydrogen-bond acceptors (Lipinski definition) is 5. The van der Waals surface area contributed by atoms with E-state index in [4.69, 9.17) is 0 Å². The maximum Gasteiger partial charge on any atom is 0.329 e. The monoisotopic (exact) mass is 523 g/mol. The van der Waals surface area contributed by atoms with Crippen molar-refractivity contribution in [1.82, 2.24) is 4.98 Å². The molecular formula is C24H18BrN3O4S. The van der Waals surface area contributed by atoms with Crippen LogP contribution in [0.2, 0.25) is 0 Å². The number of rotatable bonds is 4. The summed E-state index contributed by atoms with van der Waals surface area (Å²) in [4.78, 5) is 14.6. The number of aromatic nitrogens is 1. The molecule has 1 atom stereocenters. The van der Waals surface area contributed by atoms with Crippen molar-refractivity contribution >= 4 is 37.3 Å². The summed E-state index contributed by atoms with van der Waals surface area (Å²) < 4.78 is 28.6. The minimum absolute atomic E-state index is 0.149. The van der Waals surface area contributed by atoms with Crippen LogP contribution in [0.15, 0.2) is 82.2 Å². The molecule has 9 heteroatoms. The highest BCUT2D eigenvalue weighted by Gasteiger charge is 2.43. The van der Waals surface area contributed by atoms with Gasteiger partial charge in [0, 0.05) is 21.3 Å². The van der Waals surface area contributed by atoms with Gasteiger partial charge in [0.25, 0.3) is 0 Å². The third kappa shape index (κ3) is 3.53. The lowest BCUT2D eigenvalue weighted by Crippen LogP contribution is -2.25. The van der Waals surface area contributed by atoms with Gasteiger partial charge in [0.15, 0.2) is 5.37 Å². The fourth-order valence-electron chi connectivity index (χ4n) is 4.22. The van der Waals surface area contributed by atoms with E-state index in [0.29, 0.717) is 28.1 Å². The van der Waals surface area contributed by atoms with Crippen molar-refractivity contribution in [2.75, 3.05) is 5.32 Å². The summed E-state index contributed by atoms with van der Waals surface area (Å²) in [7, 11) is -3.95. The zero-order chi connectivity index (χ0) is 23.3. The maximum absolute atomic E-state index is 13.9. The van der Waals surface area contributed by atoms with Crippen LogP contribution in [0.1, 0.15) is 16.5 Å². The van der Waals surface area contributed by atoms with Crippen molar-refractivity contribution in [2.24, 2.45) is 0 Å². The molecule has 1 unspecified atom stereocenters. The number of hydrogen-bond donors (Lipinski definition) is 2. The second-order valence-electron chi connectivity index (χ2n) is 7.83. The Kier molecular flexibility index (Phi) is 5.10. The molecule has 0 amide bonds. The van der Waals surface area contributed by atoms with Gasteiger partial charge in [0.2, 0.25) is 9.84 Å². The molecule has 0 radical (unpaired) electrons. The lowest BCUT2D eigenvalue weighted by Gasteiger charge is -2.27.